The normalized spacial score (nSPS) is 26.6. The molecule has 2 heterocycles. The lowest BCUT2D eigenvalue weighted by molar-refractivity contribution is 0.0859. The predicted octanol–water partition coefficient (Wildman–Crippen LogP) is 2.37. The average molecular weight is 279 g/mol. The van der Waals surface area contributed by atoms with Gasteiger partial charge in [0.2, 0.25) is 0 Å². The fraction of sp³-hybridized carbons (Fsp3) is 0.667. The van der Waals surface area contributed by atoms with Gasteiger partial charge in [-0.05, 0) is 36.8 Å². The lowest BCUT2D eigenvalue weighted by Crippen LogP contribution is -2.58. The first kappa shape index (κ1) is 14.8. The van der Waals surface area contributed by atoms with Crippen LogP contribution in [-0.2, 0) is 6.54 Å². The quantitative estimate of drug-likeness (QED) is 0.919. The third kappa shape index (κ3) is 3.50. The van der Waals surface area contributed by atoms with Gasteiger partial charge in [0.1, 0.15) is 0 Å². The molecule has 0 aromatic carbocycles. The summed E-state index contributed by atoms with van der Waals surface area (Å²) in [4.78, 5) is 6.83. The van der Waals surface area contributed by atoms with Crippen LogP contribution < -0.4 is 5.73 Å². The van der Waals surface area contributed by atoms with E-state index in [1.807, 2.05) is 30.1 Å². The SMILES string of the molecule is CN(Cc1ccccn1)C1(CN)CSCC(C)(C)C1. The van der Waals surface area contributed by atoms with Crippen LogP contribution >= 0.6 is 11.8 Å². The Morgan fingerprint density at radius 3 is 2.74 bits per heavy atom. The molecule has 0 aliphatic carbocycles. The van der Waals surface area contributed by atoms with Crippen molar-refractivity contribution in [3.63, 3.8) is 0 Å². The lowest BCUT2D eigenvalue weighted by atomic mass is 9.79. The van der Waals surface area contributed by atoms with E-state index in [9.17, 15) is 0 Å². The Bertz CT molecular complexity index is 407. The number of thioether (sulfide) groups is 1. The zero-order chi connectivity index (χ0) is 13.9. The minimum Gasteiger partial charge on any atom is -0.329 e. The average Bonchev–Trinajstić information content (AvgIpc) is 2.38. The highest BCUT2D eigenvalue weighted by Crippen LogP contribution is 2.41. The van der Waals surface area contributed by atoms with Gasteiger partial charge in [-0.3, -0.25) is 9.88 Å². The monoisotopic (exact) mass is 279 g/mol. The van der Waals surface area contributed by atoms with E-state index >= 15 is 0 Å². The molecule has 4 heteroatoms. The van der Waals surface area contributed by atoms with E-state index in [-0.39, 0.29) is 5.54 Å². The first-order chi connectivity index (χ1) is 8.97. The van der Waals surface area contributed by atoms with Gasteiger partial charge < -0.3 is 5.73 Å². The fourth-order valence-corrected chi connectivity index (χ4v) is 4.52. The summed E-state index contributed by atoms with van der Waals surface area (Å²) in [6.45, 7) is 6.28. The maximum absolute atomic E-state index is 6.14. The number of aromatic nitrogens is 1. The number of likely N-dealkylation sites (N-methyl/N-ethyl adjacent to an activating group) is 1. The van der Waals surface area contributed by atoms with E-state index < -0.39 is 0 Å². The first-order valence-electron chi connectivity index (χ1n) is 6.86. The van der Waals surface area contributed by atoms with E-state index in [2.05, 4.69) is 36.8 Å². The summed E-state index contributed by atoms with van der Waals surface area (Å²) in [5.41, 5.74) is 7.72. The Hall–Kier alpha value is -0.580. The van der Waals surface area contributed by atoms with Crippen molar-refractivity contribution in [2.24, 2.45) is 11.1 Å². The molecule has 1 aliphatic rings. The molecule has 0 spiro atoms. The smallest absolute Gasteiger partial charge is 0.0544 e. The van der Waals surface area contributed by atoms with Gasteiger partial charge in [0.25, 0.3) is 0 Å². The second kappa shape index (κ2) is 5.81. The highest BCUT2D eigenvalue weighted by atomic mass is 32.2. The summed E-state index contributed by atoms with van der Waals surface area (Å²) in [6, 6.07) is 6.09. The third-order valence-corrected chi connectivity index (χ3v) is 5.71. The summed E-state index contributed by atoms with van der Waals surface area (Å²) in [5, 5.41) is 0. The standard InChI is InChI=1S/C15H25N3S/c1-14(2)9-15(10-16,12-19-11-14)18(3)8-13-6-4-5-7-17-13/h4-7H,8-12,16H2,1-3H3. The summed E-state index contributed by atoms with van der Waals surface area (Å²) in [5.74, 6) is 2.35. The third-order valence-electron chi connectivity index (χ3n) is 3.99. The predicted molar refractivity (Wildman–Crippen MR) is 83.2 cm³/mol. The number of hydrogen-bond acceptors (Lipinski definition) is 4. The molecule has 1 atom stereocenters. The molecule has 0 amide bonds. The van der Waals surface area contributed by atoms with Crippen LogP contribution in [0.25, 0.3) is 0 Å². The number of pyridine rings is 1. The Balaban J connectivity index is 2.12. The largest absolute Gasteiger partial charge is 0.329 e. The van der Waals surface area contributed by atoms with Gasteiger partial charge in [0.15, 0.2) is 0 Å². The molecule has 1 saturated heterocycles. The van der Waals surface area contributed by atoms with Gasteiger partial charge in [-0.15, -0.1) is 0 Å². The topological polar surface area (TPSA) is 42.2 Å². The Labute approximate surface area is 121 Å². The lowest BCUT2D eigenvalue weighted by Gasteiger charge is -2.49. The molecule has 2 N–H and O–H groups in total. The van der Waals surface area contributed by atoms with Crippen molar-refractivity contribution in [1.29, 1.82) is 0 Å². The summed E-state index contributed by atoms with van der Waals surface area (Å²) >= 11 is 2.03. The first-order valence-corrected chi connectivity index (χ1v) is 8.02. The zero-order valence-corrected chi connectivity index (χ0v) is 13.0. The van der Waals surface area contributed by atoms with Gasteiger partial charge in [-0.25, -0.2) is 0 Å². The minimum absolute atomic E-state index is 0.101. The Morgan fingerprint density at radius 2 is 2.16 bits per heavy atom. The highest BCUT2D eigenvalue weighted by molar-refractivity contribution is 7.99. The molecular formula is C15H25N3S. The Morgan fingerprint density at radius 1 is 1.37 bits per heavy atom. The van der Waals surface area contributed by atoms with Crippen molar-refractivity contribution < 1.29 is 0 Å². The van der Waals surface area contributed by atoms with Crippen LogP contribution in [-0.4, -0.2) is 40.5 Å². The van der Waals surface area contributed by atoms with Crippen LogP contribution in [0.5, 0.6) is 0 Å². The maximum atomic E-state index is 6.14. The van der Waals surface area contributed by atoms with E-state index in [4.69, 9.17) is 5.73 Å². The van der Waals surface area contributed by atoms with Crippen LogP contribution in [0.4, 0.5) is 0 Å². The molecule has 1 aliphatic heterocycles. The van der Waals surface area contributed by atoms with Gasteiger partial charge in [0.05, 0.1) is 5.69 Å². The van der Waals surface area contributed by atoms with Gasteiger partial charge in [0, 0.05) is 30.6 Å². The number of nitrogens with zero attached hydrogens (tertiary/aromatic N) is 2. The second-order valence-corrected chi connectivity index (χ2v) is 7.42. The number of nitrogens with two attached hydrogens (primary N) is 1. The molecule has 1 aromatic rings. The van der Waals surface area contributed by atoms with Gasteiger partial charge in [-0.2, -0.15) is 11.8 Å². The van der Waals surface area contributed by atoms with Crippen LogP contribution in [0.2, 0.25) is 0 Å². The molecule has 1 aromatic heterocycles. The van der Waals surface area contributed by atoms with Crippen LogP contribution in [0, 0.1) is 5.41 Å². The second-order valence-electron chi connectivity index (χ2n) is 6.44. The van der Waals surface area contributed by atoms with Crippen LogP contribution in [0.15, 0.2) is 24.4 Å². The molecule has 0 bridgehead atoms. The molecular weight excluding hydrogens is 254 g/mol. The van der Waals surface area contributed by atoms with Crippen molar-refractivity contribution in [3.8, 4) is 0 Å². The van der Waals surface area contributed by atoms with E-state index in [1.54, 1.807) is 0 Å². The van der Waals surface area contributed by atoms with Gasteiger partial charge in [-0.1, -0.05) is 19.9 Å². The summed E-state index contributed by atoms with van der Waals surface area (Å²) in [6.07, 6.45) is 3.02. The molecule has 2 rings (SSSR count). The van der Waals surface area contributed by atoms with Crippen LogP contribution in [0.1, 0.15) is 26.0 Å². The molecule has 3 nitrogen and oxygen atoms in total. The summed E-state index contributed by atoms with van der Waals surface area (Å²) < 4.78 is 0. The summed E-state index contributed by atoms with van der Waals surface area (Å²) in [7, 11) is 2.18. The van der Waals surface area contributed by atoms with Crippen molar-refractivity contribution in [2.75, 3.05) is 25.1 Å². The van der Waals surface area contributed by atoms with Gasteiger partial charge >= 0.3 is 0 Å². The zero-order valence-electron chi connectivity index (χ0n) is 12.2. The maximum Gasteiger partial charge on any atom is 0.0544 e. The van der Waals surface area contributed by atoms with Crippen molar-refractivity contribution in [2.45, 2.75) is 32.4 Å². The van der Waals surface area contributed by atoms with E-state index in [1.165, 1.54) is 5.75 Å². The Kier molecular flexibility index (Phi) is 4.54. The number of hydrogen-bond donors (Lipinski definition) is 1. The molecule has 0 saturated carbocycles. The minimum atomic E-state index is 0.101. The van der Waals surface area contributed by atoms with Crippen LogP contribution in [0.3, 0.4) is 0 Å². The van der Waals surface area contributed by atoms with E-state index in [0.717, 1.165) is 24.4 Å². The molecule has 1 fully saturated rings. The van der Waals surface area contributed by atoms with E-state index in [0.29, 0.717) is 12.0 Å². The van der Waals surface area contributed by atoms with Crippen molar-refractivity contribution in [3.05, 3.63) is 30.1 Å². The molecule has 0 radical (unpaired) electrons. The molecule has 106 valence electrons. The molecule has 1 unspecified atom stereocenters. The molecule has 19 heavy (non-hydrogen) atoms. The van der Waals surface area contributed by atoms with Crippen molar-refractivity contribution >= 4 is 11.8 Å². The van der Waals surface area contributed by atoms with Crippen molar-refractivity contribution in [1.82, 2.24) is 9.88 Å². The fourth-order valence-electron chi connectivity index (χ4n) is 2.94. The number of rotatable bonds is 4. The highest BCUT2D eigenvalue weighted by Gasteiger charge is 2.42.